The molecule has 0 bridgehead atoms. The Labute approximate surface area is 114 Å². The van der Waals surface area contributed by atoms with Crippen molar-refractivity contribution in [3.05, 3.63) is 32.9 Å². The van der Waals surface area contributed by atoms with E-state index in [9.17, 15) is 24.2 Å². The first-order valence-corrected chi connectivity index (χ1v) is 5.36. The van der Waals surface area contributed by atoms with E-state index in [-0.39, 0.29) is 0 Å². The zero-order valence-electron chi connectivity index (χ0n) is 11.9. The van der Waals surface area contributed by atoms with Crippen molar-refractivity contribution in [2.45, 2.75) is 24.0 Å². The van der Waals surface area contributed by atoms with Crippen LogP contribution in [-0.4, -0.2) is 44.1 Å². The van der Waals surface area contributed by atoms with Gasteiger partial charge in [-0.25, -0.2) is 4.79 Å². The van der Waals surface area contributed by atoms with Gasteiger partial charge in [0.05, 0.1) is 15.5 Å². The number of rotatable bonds is 2. The van der Waals surface area contributed by atoms with Gasteiger partial charge < -0.3 is 20.7 Å². The molecule has 1 aromatic rings. The fourth-order valence-corrected chi connectivity index (χ4v) is 1.91. The van der Waals surface area contributed by atoms with Gasteiger partial charge in [-0.15, -0.1) is 6.42 Å². The molecule has 108 valence electrons. The molecule has 4 atom stereocenters. The SMILES string of the molecule is [2H]C([2H])(O)[C@H]1O[C@@H](n2cc(F)c(=O)[nH]c2=O)C(N)(C#C)[C@H]1O. The number of ether oxygens (including phenoxy) is 1. The van der Waals surface area contributed by atoms with Crippen molar-refractivity contribution < 1.29 is 22.1 Å². The molecule has 1 aliphatic rings. The Morgan fingerprint density at radius 3 is 2.95 bits per heavy atom. The number of aromatic nitrogens is 2. The Hall–Kier alpha value is -1.99. The van der Waals surface area contributed by atoms with E-state index in [4.69, 9.17) is 19.6 Å². The summed E-state index contributed by atoms with van der Waals surface area (Å²) < 4.78 is 33.3. The summed E-state index contributed by atoms with van der Waals surface area (Å²) in [5.74, 6) is 0.613. The molecule has 2 heterocycles. The number of terminal acetylenes is 1. The van der Waals surface area contributed by atoms with Crippen LogP contribution in [0.25, 0.3) is 0 Å². The minimum atomic E-state index is -3.03. The molecule has 9 heteroatoms. The highest BCUT2D eigenvalue weighted by Gasteiger charge is 2.54. The summed E-state index contributed by atoms with van der Waals surface area (Å²) in [5.41, 5.74) is 1.20. The van der Waals surface area contributed by atoms with E-state index in [0.717, 1.165) is 0 Å². The lowest BCUT2D eigenvalue weighted by Crippen LogP contribution is -2.55. The van der Waals surface area contributed by atoms with Crippen LogP contribution in [-0.2, 0) is 4.74 Å². The van der Waals surface area contributed by atoms with Crippen LogP contribution in [0, 0.1) is 18.2 Å². The number of nitrogens with two attached hydrogens (primary N) is 1. The summed E-state index contributed by atoms with van der Waals surface area (Å²) in [5, 5.41) is 19.4. The second kappa shape index (κ2) is 4.84. The van der Waals surface area contributed by atoms with Gasteiger partial charge in [0.2, 0.25) is 5.82 Å². The zero-order chi connectivity index (χ0) is 16.9. The maximum atomic E-state index is 13.4. The Kier molecular flexibility index (Phi) is 2.86. The number of halogens is 1. The second-order valence-corrected chi connectivity index (χ2v) is 4.20. The minimum absolute atomic E-state index is 0.465. The molecule has 0 saturated carbocycles. The van der Waals surface area contributed by atoms with E-state index in [2.05, 4.69) is 0 Å². The molecule has 1 saturated heterocycles. The Bertz CT molecular complexity index is 752. The summed E-state index contributed by atoms with van der Waals surface area (Å²) in [6.07, 6.45) is 0.178. The molecule has 0 radical (unpaired) electrons. The number of hydrogen-bond acceptors (Lipinski definition) is 6. The van der Waals surface area contributed by atoms with E-state index < -0.39 is 47.6 Å². The summed E-state index contributed by atoms with van der Waals surface area (Å²) in [7, 11) is 0. The van der Waals surface area contributed by atoms with E-state index in [1.165, 1.54) is 0 Å². The zero-order valence-corrected chi connectivity index (χ0v) is 9.91. The monoisotopic (exact) mass is 287 g/mol. The highest BCUT2D eigenvalue weighted by atomic mass is 19.1. The first kappa shape index (κ1) is 11.8. The van der Waals surface area contributed by atoms with E-state index in [1.807, 2.05) is 5.92 Å². The lowest BCUT2D eigenvalue weighted by molar-refractivity contribution is -0.0480. The number of H-pyrrole nitrogens is 1. The third-order valence-corrected chi connectivity index (χ3v) is 3.01. The number of aliphatic hydroxyl groups is 2. The largest absolute Gasteiger partial charge is 0.394 e. The predicted molar refractivity (Wildman–Crippen MR) is 64.0 cm³/mol. The van der Waals surface area contributed by atoms with E-state index >= 15 is 0 Å². The summed E-state index contributed by atoms with van der Waals surface area (Å²) in [6.45, 7) is -3.03. The smallest absolute Gasteiger partial charge is 0.330 e. The average Bonchev–Trinajstić information content (AvgIpc) is 2.67. The molecule has 5 N–H and O–H groups in total. The third-order valence-electron chi connectivity index (χ3n) is 3.01. The summed E-state index contributed by atoms with van der Waals surface area (Å²) >= 11 is 0. The molecule has 2 rings (SSSR count). The fourth-order valence-electron chi connectivity index (χ4n) is 1.91. The molecule has 1 aromatic heterocycles. The van der Waals surface area contributed by atoms with Gasteiger partial charge >= 0.3 is 5.69 Å². The maximum Gasteiger partial charge on any atom is 0.330 e. The first-order chi connectivity index (χ1) is 10.0. The van der Waals surface area contributed by atoms with Gasteiger partial charge in [0, 0.05) is 0 Å². The number of aliphatic hydroxyl groups excluding tert-OH is 1. The molecular formula is C11H12FN3O5. The molecule has 20 heavy (non-hydrogen) atoms. The van der Waals surface area contributed by atoms with Gasteiger partial charge in [-0.2, -0.15) is 4.39 Å². The second-order valence-electron chi connectivity index (χ2n) is 4.20. The quantitative estimate of drug-likeness (QED) is 0.436. The average molecular weight is 287 g/mol. The summed E-state index contributed by atoms with van der Waals surface area (Å²) in [4.78, 5) is 24.4. The van der Waals surface area contributed by atoms with Gasteiger partial charge in [-0.3, -0.25) is 14.3 Å². The minimum Gasteiger partial charge on any atom is -0.394 e. The molecule has 0 aliphatic carbocycles. The van der Waals surface area contributed by atoms with Gasteiger partial charge in [0.1, 0.15) is 12.2 Å². The van der Waals surface area contributed by atoms with Gasteiger partial charge in [-0.05, 0) is 0 Å². The van der Waals surface area contributed by atoms with Crippen LogP contribution in [0.2, 0.25) is 0 Å². The lowest BCUT2D eigenvalue weighted by atomic mass is 9.92. The highest BCUT2D eigenvalue weighted by molar-refractivity contribution is 5.22. The molecule has 0 aromatic carbocycles. The Morgan fingerprint density at radius 2 is 2.40 bits per heavy atom. The lowest BCUT2D eigenvalue weighted by Gasteiger charge is -2.27. The van der Waals surface area contributed by atoms with Crippen molar-refractivity contribution in [1.29, 1.82) is 0 Å². The number of aromatic amines is 1. The molecule has 1 unspecified atom stereocenters. The number of hydrogen-bond donors (Lipinski definition) is 4. The molecule has 8 nitrogen and oxygen atoms in total. The number of nitrogens with zero attached hydrogens (tertiary/aromatic N) is 1. The third kappa shape index (κ3) is 1.95. The molecule has 1 aliphatic heterocycles. The molecular weight excluding hydrogens is 273 g/mol. The molecule has 0 spiro atoms. The Morgan fingerprint density at radius 1 is 1.75 bits per heavy atom. The molecule has 0 amide bonds. The standard InChI is InChI=1S/C11H12FN3O5/c1-2-11(13)7(17)6(4-16)20-9(11)15-3-5(12)8(18)14-10(15)19/h1,3,6-7,9,16-17H,4,13H2,(H,14,18,19)/t6-,7+,9-,11?/m1/s1/i4D2. The molecule has 1 fully saturated rings. The van der Waals surface area contributed by atoms with E-state index in [0.29, 0.717) is 10.8 Å². The normalized spacial score (nSPS) is 35.2. The van der Waals surface area contributed by atoms with Gasteiger partial charge in [0.25, 0.3) is 5.56 Å². The van der Waals surface area contributed by atoms with Crippen LogP contribution >= 0.6 is 0 Å². The van der Waals surface area contributed by atoms with Crippen LogP contribution in [0.15, 0.2) is 15.8 Å². The van der Waals surface area contributed by atoms with Crippen LogP contribution in [0.3, 0.4) is 0 Å². The van der Waals surface area contributed by atoms with Crippen LogP contribution < -0.4 is 17.0 Å². The van der Waals surface area contributed by atoms with Crippen LogP contribution in [0.1, 0.15) is 8.97 Å². The maximum absolute atomic E-state index is 13.4. The van der Waals surface area contributed by atoms with Gasteiger partial charge in [0.15, 0.2) is 11.8 Å². The van der Waals surface area contributed by atoms with E-state index in [1.54, 1.807) is 4.98 Å². The van der Waals surface area contributed by atoms with Crippen LogP contribution in [0.5, 0.6) is 0 Å². The van der Waals surface area contributed by atoms with Crippen molar-refractivity contribution in [3.63, 3.8) is 0 Å². The summed E-state index contributed by atoms with van der Waals surface area (Å²) in [6, 6.07) is 0. The van der Waals surface area contributed by atoms with Gasteiger partial charge in [-0.1, -0.05) is 5.92 Å². The highest BCUT2D eigenvalue weighted by Crippen LogP contribution is 2.35. The van der Waals surface area contributed by atoms with Crippen molar-refractivity contribution >= 4 is 0 Å². The topological polar surface area (TPSA) is 131 Å². The fraction of sp³-hybridized carbons (Fsp3) is 0.455. The van der Waals surface area contributed by atoms with Crippen molar-refractivity contribution in [1.82, 2.24) is 9.55 Å². The van der Waals surface area contributed by atoms with Crippen molar-refractivity contribution in [2.24, 2.45) is 5.73 Å². The van der Waals surface area contributed by atoms with Crippen LogP contribution in [0.4, 0.5) is 4.39 Å². The van der Waals surface area contributed by atoms with Crippen molar-refractivity contribution in [3.8, 4) is 12.3 Å². The first-order valence-electron chi connectivity index (χ1n) is 6.36. The van der Waals surface area contributed by atoms with Crippen molar-refractivity contribution in [2.75, 3.05) is 6.56 Å². The Balaban J connectivity index is 2.60. The predicted octanol–water partition coefficient (Wildman–Crippen LogP) is -2.74. The number of nitrogens with one attached hydrogen (secondary N) is 1.